The molecule has 2 aliphatic rings. The van der Waals surface area contributed by atoms with E-state index in [0.29, 0.717) is 19.0 Å². The van der Waals surface area contributed by atoms with Crippen LogP contribution in [0.5, 0.6) is 5.75 Å². The van der Waals surface area contributed by atoms with Crippen LogP contribution in [0.25, 0.3) is 22.2 Å². The largest absolute Gasteiger partial charge is 0.497 e. The van der Waals surface area contributed by atoms with Gasteiger partial charge in [-0.15, -0.1) is 0 Å². The van der Waals surface area contributed by atoms with Gasteiger partial charge in [-0.1, -0.05) is 25.3 Å². The Labute approximate surface area is 212 Å². The lowest BCUT2D eigenvalue weighted by Crippen LogP contribution is -2.39. The summed E-state index contributed by atoms with van der Waals surface area (Å²) < 4.78 is 7.65. The van der Waals surface area contributed by atoms with Gasteiger partial charge >= 0.3 is 5.97 Å². The zero-order valence-corrected chi connectivity index (χ0v) is 21.4. The van der Waals surface area contributed by atoms with Gasteiger partial charge in [0.2, 0.25) is 5.91 Å². The summed E-state index contributed by atoms with van der Waals surface area (Å²) in [6, 6.07) is 11.6. The second kappa shape index (κ2) is 9.97. The Morgan fingerprint density at radius 3 is 2.56 bits per heavy atom. The van der Waals surface area contributed by atoms with E-state index in [9.17, 15) is 14.7 Å². The van der Waals surface area contributed by atoms with Crippen LogP contribution in [0.2, 0.25) is 0 Å². The van der Waals surface area contributed by atoms with Gasteiger partial charge in [-0.2, -0.15) is 0 Å². The number of benzene rings is 2. The van der Waals surface area contributed by atoms with Crippen molar-refractivity contribution in [1.82, 2.24) is 14.4 Å². The second-order valence-electron chi connectivity index (χ2n) is 10.4. The maximum absolute atomic E-state index is 13.7. The van der Waals surface area contributed by atoms with E-state index in [1.165, 1.54) is 24.8 Å². The van der Waals surface area contributed by atoms with Crippen molar-refractivity contribution in [3.63, 3.8) is 0 Å². The lowest BCUT2D eigenvalue weighted by molar-refractivity contribution is -0.132. The fourth-order valence-electron chi connectivity index (χ4n) is 5.88. The van der Waals surface area contributed by atoms with Crippen LogP contribution in [0.1, 0.15) is 59.5 Å². The Kier molecular flexibility index (Phi) is 6.75. The molecule has 1 N–H and O–H groups in total. The molecule has 190 valence electrons. The number of aromatic carboxylic acids is 1. The first-order valence-electron chi connectivity index (χ1n) is 12.9. The summed E-state index contributed by atoms with van der Waals surface area (Å²) in [7, 11) is 5.68. The minimum atomic E-state index is -0.957. The van der Waals surface area contributed by atoms with Gasteiger partial charge in [0.25, 0.3) is 0 Å². The van der Waals surface area contributed by atoms with Crippen molar-refractivity contribution in [2.24, 2.45) is 0 Å². The molecule has 0 atom stereocenters. The average molecular weight is 490 g/mol. The van der Waals surface area contributed by atoms with Crippen LogP contribution in [-0.2, 0) is 17.9 Å². The quantitative estimate of drug-likeness (QED) is 0.529. The third-order valence-electron chi connectivity index (χ3n) is 7.76. The number of ether oxygens (including phenoxy) is 1. The minimum absolute atomic E-state index is 0.0411. The highest BCUT2D eigenvalue weighted by Gasteiger charge is 2.31. The number of likely N-dealkylation sites (N-methyl/N-ethyl adjacent to an activating group) is 1. The molecule has 3 aromatic rings. The molecule has 5 rings (SSSR count). The summed E-state index contributed by atoms with van der Waals surface area (Å²) in [4.78, 5) is 29.6. The molecular weight excluding hydrogens is 454 g/mol. The van der Waals surface area contributed by atoms with E-state index < -0.39 is 5.97 Å². The lowest BCUT2D eigenvalue weighted by atomic mass is 9.81. The first-order chi connectivity index (χ1) is 17.4. The summed E-state index contributed by atoms with van der Waals surface area (Å²) in [5.74, 6) is 0.243. The summed E-state index contributed by atoms with van der Waals surface area (Å²) >= 11 is 0. The van der Waals surface area contributed by atoms with Gasteiger partial charge in [0.1, 0.15) is 12.3 Å². The van der Waals surface area contributed by atoms with E-state index in [-0.39, 0.29) is 18.0 Å². The van der Waals surface area contributed by atoms with Gasteiger partial charge in [-0.3, -0.25) is 4.79 Å². The van der Waals surface area contributed by atoms with Gasteiger partial charge in [-0.05, 0) is 74.3 Å². The molecule has 1 aliphatic heterocycles. The molecule has 0 bridgehead atoms. The highest BCUT2D eigenvalue weighted by atomic mass is 16.5. The minimum Gasteiger partial charge on any atom is -0.497 e. The van der Waals surface area contributed by atoms with E-state index in [4.69, 9.17) is 4.74 Å². The Morgan fingerprint density at radius 1 is 1.08 bits per heavy atom. The molecular formula is C29H35N3O4. The number of methoxy groups -OCH3 is 1. The normalized spacial score (nSPS) is 16.6. The number of rotatable bonds is 6. The Morgan fingerprint density at radius 2 is 1.86 bits per heavy atom. The Bertz CT molecular complexity index is 1300. The molecule has 36 heavy (non-hydrogen) atoms. The van der Waals surface area contributed by atoms with Gasteiger partial charge < -0.3 is 24.2 Å². The van der Waals surface area contributed by atoms with Crippen LogP contribution >= 0.6 is 0 Å². The lowest BCUT2D eigenvalue weighted by Gasteiger charge is -2.30. The predicted molar refractivity (Wildman–Crippen MR) is 141 cm³/mol. The summed E-state index contributed by atoms with van der Waals surface area (Å²) in [5, 5.41) is 10.8. The molecule has 1 amide bonds. The number of carboxylic acid groups (broad SMARTS) is 1. The van der Waals surface area contributed by atoms with Gasteiger partial charge in [0.15, 0.2) is 0 Å². The first kappa shape index (κ1) is 24.4. The van der Waals surface area contributed by atoms with E-state index in [1.807, 2.05) is 37.2 Å². The maximum atomic E-state index is 13.7. The maximum Gasteiger partial charge on any atom is 0.335 e. The van der Waals surface area contributed by atoms with Crippen molar-refractivity contribution in [2.45, 2.75) is 51.1 Å². The molecule has 0 radical (unpaired) electrons. The van der Waals surface area contributed by atoms with Crippen LogP contribution < -0.4 is 4.74 Å². The summed E-state index contributed by atoms with van der Waals surface area (Å²) in [6.07, 6.45) is 5.86. The van der Waals surface area contributed by atoms with Crippen molar-refractivity contribution in [3.8, 4) is 17.0 Å². The SMILES string of the molecule is COc1ccc2c(c1)CN(CCN(C)C)C(=O)Cn1c-2c(C2CCCCC2)c2ccc(C(=O)O)cc21. The number of nitrogens with zero attached hydrogens (tertiary/aromatic N) is 3. The van der Waals surface area contributed by atoms with Crippen molar-refractivity contribution in [1.29, 1.82) is 0 Å². The second-order valence-corrected chi connectivity index (χ2v) is 10.4. The molecule has 1 aliphatic carbocycles. The number of carbonyl (C=O) groups is 2. The van der Waals surface area contributed by atoms with Crippen molar-refractivity contribution >= 4 is 22.8 Å². The summed E-state index contributed by atoms with van der Waals surface area (Å²) in [5.41, 5.74) is 5.56. The molecule has 0 unspecified atom stereocenters. The van der Waals surface area contributed by atoms with E-state index in [2.05, 4.69) is 15.5 Å². The molecule has 7 nitrogen and oxygen atoms in total. The Hall–Kier alpha value is -3.32. The van der Waals surface area contributed by atoms with Gasteiger partial charge in [0, 0.05) is 30.6 Å². The Balaban J connectivity index is 1.78. The van der Waals surface area contributed by atoms with Crippen LogP contribution in [-0.4, -0.2) is 65.6 Å². The molecule has 1 aromatic heterocycles. The third kappa shape index (κ3) is 4.48. The van der Waals surface area contributed by atoms with E-state index in [0.717, 1.165) is 52.9 Å². The number of carboxylic acids is 1. The van der Waals surface area contributed by atoms with Crippen LogP contribution in [0, 0.1) is 0 Å². The monoisotopic (exact) mass is 489 g/mol. The molecule has 0 spiro atoms. The van der Waals surface area contributed by atoms with E-state index >= 15 is 0 Å². The van der Waals surface area contributed by atoms with Crippen LogP contribution in [0.4, 0.5) is 0 Å². The fourth-order valence-corrected chi connectivity index (χ4v) is 5.88. The van der Waals surface area contributed by atoms with Crippen LogP contribution in [0.15, 0.2) is 36.4 Å². The van der Waals surface area contributed by atoms with E-state index in [1.54, 1.807) is 19.2 Å². The zero-order valence-electron chi connectivity index (χ0n) is 21.4. The highest BCUT2D eigenvalue weighted by Crippen LogP contribution is 2.46. The number of fused-ring (bicyclic) bond motifs is 5. The molecule has 2 aromatic carbocycles. The summed E-state index contributed by atoms with van der Waals surface area (Å²) in [6.45, 7) is 2.10. The number of carbonyl (C=O) groups excluding carboxylic acids is 1. The number of aromatic nitrogens is 1. The average Bonchev–Trinajstić information content (AvgIpc) is 3.18. The zero-order chi connectivity index (χ0) is 25.4. The molecule has 0 saturated heterocycles. The standard InChI is InChI=1S/C29H35N3O4/c1-30(2)13-14-31-17-21-15-22(36-3)10-12-23(21)28-27(19-7-5-4-6-8-19)24-11-9-20(29(34)35)16-25(24)32(28)18-26(31)33/h9-12,15-16,19H,4-8,13-14,17-18H2,1-3H3,(H,34,35). The number of hydrogen-bond acceptors (Lipinski definition) is 4. The van der Waals surface area contributed by atoms with Crippen LogP contribution in [0.3, 0.4) is 0 Å². The number of hydrogen-bond donors (Lipinski definition) is 1. The topological polar surface area (TPSA) is 75.0 Å². The first-order valence-corrected chi connectivity index (χ1v) is 12.9. The third-order valence-corrected chi connectivity index (χ3v) is 7.76. The smallest absolute Gasteiger partial charge is 0.335 e. The van der Waals surface area contributed by atoms with Crippen molar-refractivity contribution < 1.29 is 19.4 Å². The predicted octanol–water partition coefficient (Wildman–Crippen LogP) is 4.97. The molecule has 2 heterocycles. The molecule has 1 fully saturated rings. The molecule has 7 heteroatoms. The van der Waals surface area contributed by atoms with Gasteiger partial charge in [0.05, 0.1) is 23.9 Å². The number of amides is 1. The van der Waals surface area contributed by atoms with Gasteiger partial charge in [-0.25, -0.2) is 4.79 Å². The van der Waals surface area contributed by atoms with Crippen molar-refractivity contribution in [3.05, 3.63) is 53.1 Å². The fraction of sp³-hybridized carbons (Fsp3) is 0.448. The van der Waals surface area contributed by atoms with Crippen molar-refractivity contribution in [2.75, 3.05) is 34.3 Å². The highest BCUT2D eigenvalue weighted by molar-refractivity contribution is 5.99. The molecule has 1 saturated carbocycles.